The van der Waals surface area contributed by atoms with Crippen LogP contribution >= 0.6 is 0 Å². The van der Waals surface area contributed by atoms with Crippen molar-refractivity contribution in [2.75, 3.05) is 44.4 Å². The zero-order chi connectivity index (χ0) is 22.6. The molecule has 0 atom stereocenters. The zero-order valence-corrected chi connectivity index (χ0v) is 18.7. The van der Waals surface area contributed by atoms with Gasteiger partial charge in [-0.2, -0.15) is 0 Å². The van der Waals surface area contributed by atoms with Crippen LogP contribution in [0.15, 0.2) is 54.7 Å². The van der Waals surface area contributed by atoms with Gasteiger partial charge in [0.2, 0.25) is 6.79 Å². The number of aromatic nitrogens is 2. The lowest BCUT2D eigenvalue weighted by molar-refractivity contribution is 0.0950. The Kier molecular flexibility index (Phi) is 6.08. The summed E-state index contributed by atoms with van der Waals surface area (Å²) in [6, 6.07) is 15.5. The van der Waals surface area contributed by atoms with Crippen LogP contribution in [0.4, 0.5) is 5.82 Å². The maximum absolute atomic E-state index is 13.2. The minimum absolute atomic E-state index is 0.194. The molecule has 0 bridgehead atoms. The van der Waals surface area contributed by atoms with E-state index in [0.29, 0.717) is 29.5 Å². The van der Waals surface area contributed by atoms with Crippen molar-refractivity contribution in [2.24, 2.45) is 0 Å². The normalized spacial score (nSPS) is 15.5. The minimum atomic E-state index is -0.194. The highest BCUT2D eigenvalue weighted by atomic mass is 16.7. The molecule has 33 heavy (non-hydrogen) atoms. The minimum Gasteiger partial charge on any atom is -0.454 e. The van der Waals surface area contributed by atoms with Gasteiger partial charge < -0.3 is 24.6 Å². The molecule has 3 heterocycles. The number of nitrogens with one attached hydrogen (secondary N) is 1. The molecule has 5 rings (SSSR count). The maximum atomic E-state index is 13.2. The molecule has 0 saturated carbocycles. The van der Waals surface area contributed by atoms with Crippen LogP contribution in [-0.4, -0.2) is 60.3 Å². The van der Waals surface area contributed by atoms with E-state index < -0.39 is 0 Å². The van der Waals surface area contributed by atoms with Crippen LogP contribution in [0.25, 0.3) is 11.4 Å². The lowest BCUT2D eigenvalue weighted by Gasteiger charge is -2.35. The second kappa shape index (κ2) is 9.46. The van der Waals surface area contributed by atoms with E-state index in [-0.39, 0.29) is 12.7 Å². The second-order valence-electron chi connectivity index (χ2n) is 8.09. The number of nitrogens with zero attached hydrogens (tertiary/aromatic N) is 4. The van der Waals surface area contributed by atoms with Crippen molar-refractivity contribution in [3.8, 4) is 22.9 Å². The summed E-state index contributed by atoms with van der Waals surface area (Å²) >= 11 is 0. The molecule has 0 radical (unpaired) electrons. The maximum Gasteiger partial charge on any atom is 0.256 e. The Labute approximate surface area is 193 Å². The van der Waals surface area contributed by atoms with Crippen molar-refractivity contribution in [3.05, 3.63) is 65.9 Å². The highest BCUT2D eigenvalue weighted by Gasteiger charge is 2.24. The first kappa shape index (κ1) is 21.2. The number of fused-ring (bicyclic) bond motifs is 1. The van der Waals surface area contributed by atoms with Gasteiger partial charge in [-0.3, -0.25) is 4.79 Å². The fraction of sp³-hybridized carbons (Fsp3) is 0.320. The SMILES string of the molecule is CCN1CCN(c2nc(-c3ccccc3)ncc2C(=O)NCc2ccc3c(c2)OCO3)CC1. The monoisotopic (exact) mass is 445 g/mol. The van der Waals surface area contributed by atoms with Gasteiger partial charge in [0.05, 0.1) is 0 Å². The molecule has 1 saturated heterocycles. The average molecular weight is 446 g/mol. The van der Waals surface area contributed by atoms with Gasteiger partial charge in [-0.1, -0.05) is 43.3 Å². The van der Waals surface area contributed by atoms with Crippen LogP contribution in [0.1, 0.15) is 22.8 Å². The summed E-state index contributed by atoms with van der Waals surface area (Å²) in [4.78, 5) is 27.1. The average Bonchev–Trinajstić information content (AvgIpc) is 3.35. The molecule has 3 aromatic rings. The Morgan fingerprint density at radius 1 is 1.03 bits per heavy atom. The predicted molar refractivity (Wildman–Crippen MR) is 126 cm³/mol. The Balaban J connectivity index is 1.38. The molecule has 1 amide bonds. The van der Waals surface area contributed by atoms with E-state index in [1.54, 1.807) is 6.20 Å². The van der Waals surface area contributed by atoms with Gasteiger partial charge in [0.15, 0.2) is 17.3 Å². The molecule has 0 unspecified atom stereocenters. The molecule has 2 aliphatic heterocycles. The molecule has 0 spiro atoms. The molecule has 0 aliphatic carbocycles. The van der Waals surface area contributed by atoms with Crippen molar-refractivity contribution >= 4 is 11.7 Å². The third kappa shape index (κ3) is 4.61. The summed E-state index contributed by atoms with van der Waals surface area (Å²) in [6.45, 7) is 7.32. The number of rotatable bonds is 6. The van der Waals surface area contributed by atoms with Gasteiger partial charge in [0.1, 0.15) is 11.4 Å². The number of carbonyl (C=O) groups is 1. The molecule has 8 nitrogen and oxygen atoms in total. The van der Waals surface area contributed by atoms with Crippen molar-refractivity contribution in [2.45, 2.75) is 13.5 Å². The Morgan fingerprint density at radius 2 is 1.82 bits per heavy atom. The number of amides is 1. The third-order valence-corrected chi connectivity index (χ3v) is 6.05. The van der Waals surface area contributed by atoms with Crippen molar-refractivity contribution in [3.63, 3.8) is 0 Å². The molecule has 1 N–H and O–H groups in total. The number of carbonyl (C=O) groups excluding carboxylic acids is 1. The quantitative estimate of drug-likeness (QED) is 0.625. The second-order valence-corrected chi connectivity index (χ2v) is 8.09. The van der Waals surface area contributed by atoms with Crippen molar-refractivity contribution < 1.29 is 14.3 Å². The fourth-order valence-electron chi connectivity index (χ4n) is 4.10. The third-order valence-electron chi connectivity index (χ3n) is 6.05. The molecule has 2 aliphatic rings. The molecule has 2 aromatic carbocycles. The highest BCUT2D eigenvalue weighted by molar-refractivity contribution is 5.99. The van der Waals surface area contributed by atoms with Crippen LogP contribution < -0.4 is 19.7 Å². The van der Waals surface area contributed by atoms with E-state index in [2.05, 4.69) is 27.0 Å². The molecular formula is C25H27N5O3. The Bertz CT molecular complexity index is 1130. The number of hydrogen-bond acceptors (Lipinski definition) is 7. The van der Waals surface area contributed by atoms with E-state index in [9.17, 15) is 4.79 Å². The molecule has 170 valence electrons. The summed E-state index contributed by atoms with van der Waals surface area (Å²) in [5, 5.41) is 3.01. The van der Waals surface area contributed by atoms with Crippen LogP contribution in [0, 0.1) is 0 Å². The molecule has 8 heteroatoms. The summed E-state index contributed by atoms with van der Waals surface area (Å²) in [7, 11) is 0. The fourth-order valence-corrected chi connectivity index (χ4v) is 4.10. The van der Waals surface area contributed by atoms with Gasteiger partial charge in [0, 0.05) is 44.5 Å². The van der Waals surface area contributed by atoms with Crippen molar-refractivity contribution in [1.29, 1.82) is 0 Å². The Morgan fingerprint density at radius 3 is 2.61 bits per heavy atom. The Hall–Kier alpha value is -3.65. The van der Waals surface area contributed by atoms with E-state index in [1.165, 1.54) is 0 Å². The standard InChI is InChI=1S/C25H27N5O3/c1-2-29-10-12-30(13-11-29)24-20(16-26-23(28-24)19-6-4-3-5-7-19)25(31)27-15-18-8-9-21-22(14-18)33-17-32-21/h3-9,14,16H,2,10-13,15,17H2,1H3,(H,27,31). The van der Waals surface area contributed by atoms with Gasteiger partial charge in [-0.15, -0.1) is 0 Å². The van der Waals surface area contributed by atoms with Gasteiger partial charge >= 0.3 is 0 Å². The smallest absolute Gasteiger partial charge is 0.256 e. The molecule has 1 aromatic heterocycles. The number of piperazine rings is 1. The summed E-state index contributed by atoms with van der Waals surface area (Å²) in [5.41, 5.74) is 2.35. The molecular weight excluding hydrogens is 418 g/mol. The lowest BCUT2D eigenvalue weighted by atomic mass is 10.1. The number of hydrogen-bond donors (Lipinski definition) is 1. The van der Waals surface area contributed by atoms with Crippen molar-refractivity contribution in [1.82, 2.24) is 20.2 Å². The first-order valence-electron chi connectivity index (χ1n) is 11.3. The first-order valence-corrected chi connectivity index (χ1v) is 11.3. The van der Waals surface area contributed by atoms with Crippen LogP contribution in [0.3, 0.4) is 0 Å². The van der Waals surface area contributed by atoms with Gasteiger partial charge in [-0.25, -0.2) is 9.97 Å². The van der Waals surface area contributed by atoms with E-state index >= 15 is 0 Å². The van der Waals surface area contributed by atoms with E-state index in [1.807, 2.05) is 48.5 Å². The first-order chi connectivity index (χ1) is 16.2. The summed E-state index contributed by atoms with van der Waals surface area (Å²) in [5.74, 6) is 2.54. The highest BCUT2D eigenvalue weighted by Crippen LogP contribution is 2.32. The number of likely N-dealkylation sites (N-methyl/N-ethyl adjacent to an activating group) is 1. The van der Waals surface area contributed by atoms with Crippen LogP contribution in [0.5, 0.6) is 11.5 Å². The van der Waals surface area contributed by atoms with E-state index in [4.69, 9.17) is 14.5 Å². The van der Waals surface area contributed by atoms with Crippen LogP contribution in [0.2, 0.25) is 0 Å². The lowest BCUT2D eigenvalue weighted by Crippen LogP contribution is -2.47. The number of ether oxygens (including phenoxy) is 2. The van der Waals surface area contributed by atoms with Gasteiger partial charge in [0.25, 0.3) is 5.91 Å². The predicted octanol–water partition coefficient (Wildman–Crippen LogP) is 2.94. The zero-order valence-electron chi connectivity index (χ0n) is 18.7. The summed E-state index contributed by atoms with van der Waals surface area (Å²) in [6.07, 6.45) is 1.64. The molecule has 1 fully saturated rings. The van der Waals surface area contributed by atoms with E-state index in [0.717, 1.165) is 49.6 Å². The number of anilines is 1. The summed E-state index contributed by atoms with van der Waals surface area (Å²) < 4.78 is 10.8. The topological polar surface area (TPSA) is 79.8 Å². The largest absolute Gasteiger partial charge is 0.454 e. The van der Waals surface area contributed by atoms with Gasteiger partial charge in [-0.05, 0) is 24.2 Å². The van der Waals surface area contributed by atoms with Crippen LogP contribution in [-0.2, 0) is 6.54 Å². The number of benzene rings is 2.